The van der Waals surface area contributed by atoms with Crippen molar-refractivity contribution in [1.29, 1.82) is 0 Å². The Morgan fingerprint density at radius 1 is 0.588 bits per heavy atom. The number of epoxide rings is 1. The Balaban J connectivity index is 1.89. The molecule has 1 heteroatoms. The zero-order valence-electron chi connectivity index (χ0n) is 9.34. The van der Waals surface area contributed by atoms with Crippen molar-refractivity contribution in [3.8, 4) is 0 Å². The Morgan fingerprint density at radius 2 is 0.941 bits per heavy atom. The maximum absolute atomic E-state index is 5.93. The molecule has 0 N–H and O–H groups in total. The molecule has 0 aromatic heterocycles. The first kappa shape index (κ1) is 8.48. The summed E-state index contributed by atoms with van der Waals surface area (Å²) in [5.74, 6) is 0.967. The highest BCUT2D eigenvalue weighted by Gasteiger charge is 2.60. The van der Waals surface area contributed by atoms with Crippen LogP contribution in [0, 0.1) is 0 Å². The van der Waals surface area contributed by atoms with Crippen LogP contribution in [0.2, 0.25) is 0 Å². The van der Waals surface area contributed by atoms with E-state index in [0.29, 0.717) is 24.0 Å². The lowest BCUT2D eigenvalue weighted by atomic mass is 9.64. The molecule has 3 aliphatic carbocycles. The van der Waals surface area contributed by atoms with Crippen molar-refractivity contribution in [2.24, 2.45) is 0 Å². The van der Waals surface area contributed by atoms with E-state index in [9.17, 15) is 0 Å². The van der Waals surface area contributed by atoms with Gasteiger partial charge in [-0.25, -0.2) is 0 Å². The monoisotopic (exact) mass is 220 g/mol. The van der Waals surface area contributed by atoms with Gasteiger partial charge in [-0.2, -0.15) is 0 Å². The van der Waals surface area contributed by atoms with Gasteiger partial charge >= 0.3 is 0 Å². The van der Waals surface area contributed by atoms with Gasteiger partial charge in [-0.05, 0) is 22.3 Å². The van der Waals surface area contributed by atoms with Gasteiger partial charge in [0.2, 0.25) is 0 Å². The summed E-state index contributed by atoms with van der Waals surface area (Å²) < 4.78 is 5.93. The molecule has 1 nitrogen and oxygen atoms in total. The predicted octanol–water partition coefficient (Wildman–Crippen LogP) is 3.04. The van der Waals surface area contributed by atoms with Crippen molar-refractivity contribution >= 4 is 0 Å². The lowest BCUT2D eigenvalue weighted by Crippen LogP contribution is -2.31. The second kappa shape index (κ2) is 2.62. The van der Waals surface area contributed by atoms with Crippen molar-refractivity contribution in [2.75, 3.05) is 0 Å². The summed E-state index contributed by atoms with van der Waals surface area (Å²) in [5, 5.41) is 0. The van der Waals surface area contributed by atoms with E-state index in [4.69, 9.17) is 4.74 Å². The summed E-state index contributed by atoms with van der Waals surface area (Å²) in [6, 6.07) is 17.7. The SMILES string of the molecule is c1ccc2c(c1)C1c3ccccc3C2[C@@H]2O[C@@H]12. The predicted molar refractivity (Wildman–Crippen MR) is 65.2 cm³/mol. The molecule has 1 heterocycles. The van der Waals surface area contributed by atoms with Gasteiger partial charge in [-0.3, -0.25) is 0 Å². The zero-order valence-corrected chi connectivity index (χ0v) is 9.34. The normalized spacial score (nSPS) is 34.8. The number of hydrogen-bond acceptors (Lipinski definition) is 1. The van der Waals surface area contributed by atoms with E-state index in [1.165, 1.54) is 22.3 Å². The molecule has 1 aliphatic heterocycles. The second-order valence-corrected chi connectivity index (χ2v) is 5.28. The minimum atomic E-state index is 0.449. The fraction of sp³-hybridized carbons (Fsp3) is 0.250. The molecule has 2 bridgehead atoms. The molecule has 2 atom stereocenters. The summed E-state index contributed by atoms with van der Waals surface area (Å²) >= 11 is 0. The van der Waals surface area contributed by atoms with Crippen LogP contribution in [0.5, 0.6) is 0 Å². The summed E-state index contributed by atoms with van der Waals surface area (Å²) in [4.78, 5) is 0. The fourth-order valence-corrected chi connectivity index (χ4v) is 3.87. The van der Waals surface area contributed by atoms with E-state index in [1.54, 1.807) is 0 Å². The van der Waals surface area contributed by atoms with Gasteiger partial charge in [0.15, 0.2) is 0 Å². The maximum Gasteiger partial charge on any atom is 0.0960 e. The Bertz CT molecular complexity index is 529. The van der Waals surface area contributed by atoms with E-state index in [2.05, 4.69) is 48.5 Å². The summed E-state index contributed by atoms with van der Waals surface area (Å²) in [5.41, 5.74) is 5.98. The van der Waals surface area contributed by atoms with Crippen LogP contribution in [-0.4, -0.2) is 12.2 Å². The molecule has 82 valence electrons. The van der Waals surface area contributed by atoms with E-state index >= 15 is 0 Å². The largest absolute Gasteiger partial charge is 0.368 e. The Kier molecular flexibility index (Phi) is 1.31. The van der Waals surface area contributed by atoms with Gasteiger partial charge in [0.25, 0.3) is 0 Å². The summed E-state index contributed by atoms with van der Waals surface area (Å²) in [7, 11) is 0. The number of hydrogen-bond donors (Lipinski definition) is 0. The number of benzene rings is 2. The van der Waals surface area contributed by atoms with Crippen LogP contribution in [0.15, 0.2) is 48.5 Å². The molecule has 17 heavy (non-hydrogen) atoms. The molecule has 0 unspecified atom stereocenters. The minimum Gasteiger partial charge on any atom is -0.368 e. The molecule has 4 aliphatic rings. The van der Waals surface area contributed by atoms with Gasteiger partial charge in [-0.1, -0.05) is 48.5 Å². The number of rotatable bonds is 0. The third-order valence-electron chi connectivity index (χ3n) is 4.55. The molecule has 6 rings (SSSR count). The second-order valence-electron chi connectivity index (χ2n) is 5.28. The van der Waals surface area contributed by atoms with E-state index in [1.807, 2.05) is 0 Å². The number of ether oxygens (including phenoxy) is 1. The van der Waals surface area contributed by atoms with E-state index < -0.39 is 0 Å². The zero-order chi connectivity index (χ0) is 11.0. The molecule has 1 fully saturated rings. The van der Waals surface area contributed by atoms with E-state index in [0.717, 1.165) is 0 Å². The third kappa shape index (κ3) is 0.872. The quantitative estimate of drug-likeness (QED) is 0.622. The molecule has 2 aromatic rings. The summed E-state index contributed by atoms with van der Waals surface area (Å²) in [6.45, 7) is 0. The van der Waals surface area contributed by atoms with Crippen molar-refractivity contribution in [3.05, 3.63) is 70.8 Å². The highest BCUT2D eigenvalue weighted by molar-refractivity contribution is 5.59. The first-order valence-electron chi connectivity index (χ1n) is 6.28. The van der Waals surface area contributed by atoms with Gasteiger partial charge in [0.1, 0.15) is 0 Å². The summed E-state index contributed by atoms with van der Waals surface area (Å²) in [6.07, 6.45) is 0.898. The molecule has 0 radical (unpaired) electrons. The van der Waals surface area contributed by atoms with Gasteiger partial charge in [-0.15, -0.1) is 0 Å². The van der Waals surface area contributed by atoms with Crippen LogP contribution in [0.4, 0.5) is 0 Å². The fourth-order valence-electron chi connectivity index (χ4n) is 3.87. The molecule has 1 saturated heterocycles. The Hall–Kier alpha value is -1.60. The lowest BCUT2D eigenvalue weighted by Gasteiger charge is -2.37. The van der Waals surface area contributed by atoms with Crippen molar-refractivity contribution in [3.63, 3.8) is 0 Å². The van der Waals surface area contributed by atoms with Gasteiger partial charge < -0.3 is 4.74 Å². The first-order valence-corrected chi connectivity index (χ1v) is 6.28. The van der Waals surface area contributed by atoms with E-state index in [-0.39, 0.29) is 0 Å². The maximum atomic E-state index is 5.93. The van der Waals surface area contributed by atoms with Crippen molar-refractivity contribution in [2.45, 2.75) is 24.0 Å². The third-order valence-corrected chi connectivity index (χ3v) is 4.55. The highest BCUT2D eigenvalue weighted by atomic mass is 16.6. The Labute approximate surface area is 100 Å². The van der Waals surface area contributed by atoms with Crippen molar-refractivity contribution in [1.82, 2.24) is 0 Å². The lowest BCUT2D eigenvalue weighted by molar-refractivity contribution is 0.364. The molecular weight excluding hydrogens is 208 g/mol. The highest BCUT2D eigenvalue weighted by Crippen LogP contribution is 2.60. The Morgan fingerprint density at radius 3 is 1.29 bits per heavy atom. The standard InChI is InChI=1S/C16H12O/c1-2-6-10-9(5-1)13-11-7-3-4-8-12(11)14(10)16-15(13)17-16/h1-8,13-16H/t13?,14?,15-,16-/m0/s1. The molecule has 0 spiro atoms. The van der Waals surface area contributed by atoms with Crippen LogP contribution in [0.3, 0.4) is 0 Å². The first-order chi connectivity index (χ1) is 8.45. The van der Waals surface area contributed by atoms with Crippen LogP contribution in [0.1, 0.15) is 34.1 Å². The molecule has 0 saturated carbocycles. The van der Waals surface area contributed by atoms with Gasteiger partial charge in [0, 0.05) is 11.8 Å². The van der Waals surface area contributed by atoms with Gasteiger partial charge in [0.05, 0.1) is 12.2 Å². The van der Waals surface area contributed by atoms with Crippen LogP contribution in [-0.2, 0) is 4.74 Å². The van der Waals surface area contributed by atoms with Crippen LogP contribution < -0.4 is 0 Å². The van der Waals surface area contributed by atoms with Crippen LogP contribution in [0.25, 0.3) is 0 Å². The average Bonchev–Trinajstić information content (AvgIpc) is 3.18. The molecular formula is C16H12O. The van der Waals surface area contributed by atoms with Crippen molar-refractivity contribution < 1.29 is 4.74 Å². The topological polar surface area (TPSA) is 12.5 Å². The minimum absolute atomic E-state index is 0.449. The van der Waals surface area contributed by atoms with Crippen LogP contribution >= 0.6 is 0 Å². The molecule has 0 amide bonds. The smallest absolute Gasteiger partial charge is 0.0960 e. The average molecular weight is 220 g/mol. The molecule has 2 aromatic carbocycles.